The maximum Gasteiger partial charge on any atom is 0.308 e. The van der Waals surface area contributed by atoms with Crippen molar-refractivity contribution >= 4 is 17.5 Å². The fourth-order valence-corrected chi connectivity index (χ4v) is 3.33. The molecule has 23 heavy (non-hydrogen) atoms. The van der Waals surface area contributed by atoms with Crippen LogP contribution in [0.4, 0.5) is 0 Å². The van der Waals surface area contributed by atoms with E-state index in [0.29, 0.717) is 43.7 Å². The number of esters is 1. The lowest BCUT2D eigenvalue weighted by Gasteiger charge is -2.29. The average Bonchev–Trinajstić information content (AvgIpc) is 2.82. The Kier molecular flexibility index (Phi) is 5.36. The minimum Gasteiger partial charge on any atom is -0.469 e. The zero-order valence-corrected chi connectivity index (χ0v) is 14.2. The molecule has 0 spiro atoms. The Labute approximate surface area is 136 Å². The molecular formula is C17H24N2O4. The number of piperidine rings is 1. The third-order valence-electron chi connectivity index (χ3n) is 4.56. The second-order valence-corrected chi connectivity index (χ2v) is 6.18. The van der Waals surface area contributed by atoms with Crippen LogP contribution in [0.15, 0.2) is 0 Å². The number of aromatic nitrogens is 1. The molecule has 1 N–H and O–H groups in total. The Hall–Kier alpha value is -1.95. The number of carbonyl (C=O) groups excluding carboxylic acids is 3. The number of nitrogens with zero attached hydrogens (tertiary/aromatic N) is 1. The van der Waals surface area contributed by atoms with Gasteiger partial charge in [-0.05, 0) is 52.3 Å². The highest BCUT2D eigenvalue weighted by Crippen LogP contribution is 2.21. The summed E-state index contributed by atoms with van der Waals surface area (Å²) in [6, 6.07) is 0. The van der Waals surface area contributed by atoms with Gasteiger partial charge in [-0.1, -0.05) is 0 Å². The van der Waals surface area contributed by atoms with E-state index in [2.05, 4.69) is 4.98 Å². The molecule has 0 aromatic carbocycles. The highest BCUT2D eigenvalue weighted by molar-refractivity contribution is 6.03. The molecule has 6 nitrogen and oxygen atoms in total. The van der Waals surface area contributed by atoms with Gasteiger partial charge in [-0.2, -0.15) is 0 Å². The predicted octanol–water partition coefficient (Wildman–Crippen LogP) is 1.90. The molecule has 0 radical (unpaired) electrons. The summed E-state index contributed by atoms with van der Waals surface area (Å²) in [4.78, 5) is 40.8. The van der Waals surface area contributed by atoms with E-state index in [1.165, 1.54) is 14.0 Å². The van der Waals surface area contributed by atoms with Gasteiger partial charge in [0.2, 0.25) is 0 Å². The number of H-pyrrole nitrogens is 1. The van der Waals surface area contributed by atoms with Crippen LogP contribution in [0.2, 0.25) is 0 Å². The summed E-state index contributed by atoms with van der Waals surface area (Å²) in [6.45, 7) is 6.81. The third kappa shape index (κ3) is 3.69. The number of aromatic amines is 1. The van der Waals surface area contributed by atoms with Gasteiger partial charge < -0.3 is 9.72 Å². The molecule has 0 unspecified atom stereocenters. The van der Waals surface area contributed by atoms with Crippen molar-refractivity contribution in [3.63, 3.8) is 0 Å². The van der Waals surface area contributed by atoms with E-state index in [9.17, 15) is 14.4 Å². The van der Waals surface area contributed by atoms with Crippen molar-refractivity contribution in [2.75, 3.05) is 26.7 Å². The summed E-state index contributed by atoms with van der Waals surface area (Å²) in [5.41, 5.74) is 2.59. The molecule has 1 aromatic rings. The molecule has 2 heterocycles. The maximum atomic E-state index is 12.5. The smallest absolute Gasteiger partial charge is 0.308 e. The SMILES string of the molecule is COC(=O)C1CCN(CC(=O)c2[nH]c(C)c(C(C)=O)c2C)CC1. The molecule has 0 bridgehead atoms. The standard InChI is InChI=1S/C17H24N2O4/c1-10-15(12(3)20)11(2)18-16(10)14(21)9-19-7-5-13(6-8-19)17(22)23-4/h13,18H,5-9H2,1-4H3. The van der Waals surface area contributed by atoms with Crippen molar-refractivity contribution in [3.05, 3.63) is 22.5 Å². The van der Waals surface area contributed by atoms with Crippen molar-refractivity contribution in [2.45, 2.75) is 33.6 Å². The normalized spacial score (nSPS) is 16.3. The third-order valence-corrected chi connectivity index (χ3v) is 4.56. The van der Waals surface area contributed by atoms with Crippen LogP contribution in [0.5, 0.6) is 0 Å². The molecule has 126 valence electrons. The lowest BCUT2D eigenvalue weighted by Crippen LogP contribution is -2.39. The molecule has 1 saturated heterocycles. The first-order valence-corrected chi connectivity index (χ1v) is 7.88. The number of ether oxygens (including phenoxy) is 1. The number of nitrogens with one attached hydrogen (secondary N) is 1. The van der Waals surface area contributed by atoms with E-state index in [1.807, 2.05) is 11.8 Å². The topological polar surface area (TPSA) is 79.5 Å². The highest BCUT2D eigenvalue weighted by Gasteiger charge is 2.27. The summed E-state index contributed by atoms with van der Waals surface area (Å²) < 4.78 is 4.77. The monoisotopic (exact) mass is 320 g/mol. The largest absolute Gasteiger partial charge is 0.469 e. The fraction of sp³-hybridized carbons (Fsp3) is 0.588. The van der Waals surface area contributed by atoms with Gasteiger partial charge >= 0.3 is 5.97 Å². The van der Waals surface area contributed by atoms with Crippen LogP contribution in [-0.2, 0) is 9.53 Å². The quantitative estimate of drug-likeness (QED) is 0.662. The number of ketones is 2. The molecule has 1 aromatic heterocycles. The van der Waals surface area contributed by atoms with Crippen LogP contribution in [0.3, 0.4) is 0 Å². The molecule has 0 atom stereocenters. The average molecular weight is 320 g/mol. The van der Waals surface area contributed by atoms with E-state index in [4.69, 9.17) is 4.74 Å². The minimum absolute atomic E-state index is 0.0189. The zero-order chi connectivity index (χ0) is 17.1. The number of aryl methyl sites for hydroxylation is 1. The Morgan fingerprint density at radius 3 is 2.30 bits per heavy atom. The second kappa shape index (κ2) is 7.08. The first-order valence-electron chi connectivity index (χ1n) is 7.88. The number of carbonyl (C=O) groups is 3. The van der Waals surface area contributed by atoms with E-state index in [-0.39, 0.29) is 23.5 Å². The number of likely N-dealkylation sites (tertiary alicyclic amines) is 1. The van der Waals surface area contributed by atoms with Gasteiger partial charge in [0.05, 0.1) is 25.3 Å². The number of methoxy groups -OCH3 is 1. The lowest BCUT2D eigenvalue weighted by atomic mass is 9.96. The van der Waals surface area contributed by atoms with Gasteiger partial charge in [0.1, 0.15) is 0 Å². The second-order valence-electron chi connectivity index (χ2n) is 6.18. The van der Waals surface area contributed by atoms with Crippen LogP contribution >= 0.6 is 0 Å². The molecule has 1 aliphatic rings. The van der Waals surface area contributed by atoms with Crippen LogP contribution in [-0.4, -0.2) is 54.2 Å². The van der Waals surface area contributed by atoms with E-state index in [0.717, 1.165) is 11.3 Å². The van der Waals surface area contributed by atoms with Crippen LogP contribution in [0, 0.1) is 19.8 Å². The van der Waals surface area contributed by atoms with Gasteiger partial charge in [-0.25, -0.2) is 0 Å². The zero-order valence-electron chi connectivity index (χ0n) is 14.2. The molecule has 1 fully saturated rings. The van der Waals surface area contributed by atoms with E-state index in [1.54, 1.807) is 6.92 Å². The molecular weight excluding hydrogens is 296 g/mol. The number of hydrogen-bond donors (Lipinski definition) is 1. The van der Waals surface area contributed by atoms with Gasteiger partial charge in [0.15, 0.2) is 11.6 Å². The van der Waals surface area contributed by atoms with Crippen molar-refractivity contribution in [1.29, 1.82) is 0 Å². The number of Topliss-reactive ketones (excluding diaryl/α,β-unsaturated/α-hetero) is 2. The van der Waals surface area contributed by atoms with Crippen molar-refractivity contribution in [3.8, 4) is 0 Å². The fourth-order valence-electron chi connectivity index (χ4n) is 3.33. The van der Waals surface area contributed by atoms with Crippen molar-refractivity contribution in [2.24, 2.45) is 5.92 Å². The highest BCUT2D eigenvalue weighted by atomic mass is 16.5. The first-order chi connectivity index (χ1) is 10.8. The molecule has 0 saturated carbocycles. The molecule has 6 heteroatoms. The van der Waals surface area contributed by atoms with Gasteiger partial charge in [0.25, 0.3) is 0 Å². The van der Waals surface area contributed by atoms with Crippen LogP contribution < -0.4 is 0 Å². The summed E-state index contributed by atoms with van der Waals surface area (Å²) in [5, 5.41) is 0. The first kappa shape index (κ1) is 17.4. The number of rotatable bonds is 5. The Morgan fingerprint density at radius 2 is 1.83 bits per heavy atom. The summed E-state index contributed by atoms with van der Waals surface area (Å²) in [6.07, 6.45) is 1.42. The van der Waals surface area contributed by atoms with E-state index < -0.39 is 0 Å². The van der Waals surface area contributed by atoms with Crippen molar-refractivity contribution < 1.29 is 19.1 Å². The Bertz CT molecular complexity index is 625. The molecule has 2 rings (SSSR count). The molecule has 0 amide bonds. The van der Waals surface area contributed by atoms with E-state index >= 15 is 0 Å². The summed E-state index contributed by atoms with van der Waals surface area (Å²) >= 11 is 0. The molecule has 0 aliphatic carbocycles. The molecule has 1 aliphatic heterocycles. The van der Waals surface area contributed by atoms with Crippen LogP contribution in [0.1, 0.15) is 51.9 Å². The predicted molar refractivity (Wildman–Crippen MR) is 85.8 cm³/mol. The minimum atomic E-state index is -0.169. The Morgan fingerprint density at radius 1 is 1.22 bits per heavy atom. The van der Waals surface area contributed by atoms with Crippen molar-refractivity contribution in [1.82, 2.24) is 9.88 Å². The van der Waals surface area contributed by atoms with Gasteiger partial charge in [0, 0.05) is 11.3 Å². The van der Waals surface area contributed by atoms with Gasteiger partial charge in [-0.3, -0.25) is 19.3 Å². The van der Waals surface area contributed by atoms with Crippen LogP contribution in [0.25, 0.3) is 0 Å². The Balaban J connectivity index is 2.00. The maximum absolute atomic E-state index is 12.5. The summed E-state index contributed by atoms with van der Waals surface area (Å²) in [5.74, 6) is -0.285. The summed E-state index contributed by atoms with van der Waals surface area (Å²) in [7, 11) is 1.40. The number of hydrogen-bond acceptors (Lipinski definition) is 5. The lowest BCUT2D eigenvalue weighted by molar-refractivity contribution is -0.147. The van der Waals surface area contributed by atoms with Gasteiger partial charge in [-0.15, -0.1) is 0 Å².